The number of aryl methyl sites for hydroxylation is 2. The predicted octanol–water partition coefficient (Wildman–Crippen LogP) is 0.939. The monoisotopic (exact) mass is 272 g/mol. The quantitative estimate of drug-likeness (QED) is 0.755. The fraction of sp³-hybridized carbons (Fsp3) is 0.500. The maximum absolute atomic E-state index is 12.1. The van der Waals surface area contributed by atoms with Crippen LogP contribution in [0.25, 0.3) is 0 Å². The number of methoxy groups -OCH3 is 1. The Labute approximate surface area is 108 Å². The second kappa shape index (κ2) is 6.17. The molecule has 1 aromatic carbocycles. The summed E-state index contributed by atoms with van der Waals surface area (Å²) in [6, 6.07) is 3.35. The number of ether oxygens (including phenoxy) is 1. The van der Waals surface area contributed by atoms with E-state index in [9.17, 15) is 8.42 Å². The van der Waals surface area contributed by atoms with Crippen molar-refractivity contribution in [3.8, 4) is 5.75 Å². The van der Waals surface area contributed by atoms with Crippen LogP contribution < -0.4 is 15.2 Å². The lowest BCUT2D eigenvalue weighted by Crippen LogP contribution is -2.27. The van der Waals surface area contributed by atoms with Crippen LogP contribution in [0.3, 0.4) is 0 Å². The molecule has 0 aliphatic heterocycles. The van der Waals surface area contributed by atoms with Crippen molar-refractivity contribution < 1.29 is 13.2 Å². The van der Waals surface area contributed by atoms with Crippen molar-refractivity contribution in [1.82, 2.24) is 4.72 Å². The van der Waals surface area contributed by atoms with Gasteiger partial charge in [0.2, 0.25) is 10.0 Å². The maximum Gasteiger partial charge on any atom is 0.240 e. The molecule has 0 radical (unpaired) electrons. The van der Waals surface area contributed by atoms with Gasteiger partial charge in [-0.15, -0.1) is 0 Å². The first-order chi connectivity index (χ1) is 8.42. The molecule has 6 heteroatoms. The molecule has 18 heavy (non-hydrogen) atoms. The normalized spacial score (nSPS) is 11.6. The minimum absolute atomic E-state index is 0.290. The summed E-state index contributed by atoms with van der Waals surface area (Å²) in [5.41, 5.74) is 6.80. The van der Waals surface area contributed by atoms with Crippen molar-refractivity contribution in [1.29, 1.82) is 0 Å². The van der Waals surface area contributed by atoms with Gasteiger partial charge in [0.15, 0.2) is 0 Å². The van der Waals surface area contributed by atoms with E-state index in [0.29, 0.717) is 30.8 Å². The summed E-state index contributed by atoms with van der Waals surface area (Å²) in [4.78, 5) is 0.290. The summed E-state index contributed by atoms with van der Waals surface area (Å²) in [7, 11) is -1.91. The molecule has 0 aliphatic rings. The van der Waals surface area contributed by atoms with Gasteiger partial charge < -0.3 is 10.5 Å². The van der Waals surface area contributed by atoms with Gasteiger partial charge in [-0.1, -0.05) is 0 Å². The molecule has 0 bridgehead atoms. The Hall–Kier alpha value is -1.11. The summed E-state index contributed by atoms with van der Waals surface area (Å²) in [6.07, 6.45) is 0.618. The highest BCUT2D eigenvalue weighted by Gasteiger charge is 2.17. The van der Waals surface area contributed by atoms with Crippen LogP contribution in [-0.2, 0) is 10.0 Å². The Balaban J connectivity index is 3.05. The zero-order chi connectivity index (χ0) is 13.8. The zero-order valence-electron chi connectivity index (χ0n) is 11.0. The van der Waals surface area contributed by atoms with Crippen molar-refractivity contribution in [3.63, 3.8) is 0 Å². The van der Waals surface area contributed by atoms with Crippen molar-refractivity contribution in [2.45, 2.75) is 25.2 Å². The van der Waals surface area contributed by atoms with Gasteiger partial charge in [0, 0.05) is 6.54 Å². The lowest BCUT2D eigenvalue weighted by atomic mass is 10.1. The van der Waals surface area contributed by atoms with Gasteiger partial charge in [-0.2, -0.15) is 0 Å². The standard InChI is InChI=1S/C12H20N2O3S/c1-9-8-12(10(2)7-11(9)17-3)18(15,16)14-6-4-5-13/h7-8,14H,4-6,13H2,1-3H3. The third-order valence-corrected chi connectivity index (χ3v) is 4.26. The van der Waals surface area contributed by atoms with E-state index in [2.05, 4.69) is 4.72 Å². The second-order valence-corrected chi connectivity index (χ2v) is 5.86. The number of sulfonamides is 1. The fourth-order valence-electron chi connectivity index (χ4n) is 1.66. The summed E-state index contributed by atoms with van der Waals surface area (Å²) < 4.78 is 31.9. The van der Waals surface area contributed by atoms with Crippen molar-refractivity contribution >= 4 is 10.0 Å². The molecular weight excluding hydrogens is 252 g/mol. The first kappa shape index (κ1) is 14.9. The molecule has 0 atom stereocenters. The molecule has 0 heterocycles. The summed E-state index contributed by atoms with van der Waals surface area (Å²) in [6.45, 7) is 4.38. The molecule has 0 saturated heterocycles. The Morgan fingerprint density at radius 1 is 1.28 bits per heavy atom. The van der Waals surface area contributed by atoms with Gasteiger partial charge in [0.1, 0.15) is 5.75 Å². The largest absolute Gasteiger partial charge is 0.496 e. The SMILES string of the molecule is COc1cc(C)c(S(=O)(=O)NCCCN)cc1C. The fourth-order valence-corrected chi connectivity index (χ4v) is 3.04. The lowest BCUT2D eigenvalue weighted by Gasteiger charge is -2.12. The summed E-state index contributed by atoms with van der Waals surface area (Å²) in [5, 5.41) is 0. The smallest absolute Gasteiger partial charge is 0.240 e. The summed E-state index contributed by atoms with van der Waals surface area (Å²) >= 11 is 0. The van der Waals surface area contributed by atoms with Crippen molar-refractivity contribution in [3.05, 3.63) is 23.3 Å². The number of benzene rings is 1. The molecule has 0 saturated carbocycles. The Morgan fingerprint density at radius 2 is 1.94 bits per heavy atom. The number of nitrogens with two attached hydrogens (primary N) is 1. The van der Waals surface area contributed by atoms with E-state index in [1.54, 1.807) is 26.2 Å². The van der Waals surface area contributed by atoms with Crippen LogP contribution in [0.15, 0.2) is 17.0 Å². The second-order valence-electron chi connectivity index (χ2n) is 4.13. The molecule has 102 valence electrons. The number of hydrogen-bond acceptors (Lipinski definition) is 4. The van der Waals surface area contributed by atoms with Crippen LogP contribution in [0.5, 0.6) is 5.75 Å². The minimum Gasteiger partial charge on any atom is -0.496 e. The van der Waals surface area contributed by atoms with Gasteiger partial charge in [0.05, 0.1) is 12.0 Å². The first-order valence-electron chi connectivity index (χ1n) is 5.77. The van der Waals surface area contributed by atoms with Gasteiger partial charge in [-0.25, -0.2) is 13.1 Å². The zero-order valence-corrected chi connectivity index (χ0v) is 11.8. The van der Waals surface area contributed by atoms with Gasteiger partial charge >= 0.3 is 0 Å². The minimum atomic E-state index is -3.47. The number of hydrogen-bond donors (Lipinski definition) is 2. The molecule has 0 aromatic heterocycles. The molecule has 0 spiro atoms. The lowest BCUT2D eigenvalue weighted by molar-refractivity contribution is 0.411. The molecule has 1 aromatic rings. The van der Waals surface area contributed by atoms with E-state index in [-0.39, 0.29) is 4.90 Å². The van der Waals surface area contributed by atoms with Gasteiger partial charge in [0.25, 0.3) is 0 Å². The molecule has 0 amide bonds. The van der Waals surface area contributed by atoms with E-state index in [1.807, 2.05) is 6.92 Å². The Morgan fingerprint density at radius 3 is 2.50 bits per heavy atom. The van der Waals surface area contributed by atoms with Crippen LogP contribution in [0, 0.1) is 13.8 Å². The van der Waals surface area contributed by atoms with Crippen molar-refractivity contribution in [2.75, 3.05) is 20.2 Å². The molecule has 3 N–H and O–H groups in total. The highest BCUT2D eigenvalue weighted by molar-refractivity contribution is 7.89. The predicted molar refractivity (Wildman–Crippen MR) is 71.3 cm³/mol. The highest BCUT2D eigenvalue weighted by atomic mass is 32.2. The van der Waals surface area contributed by atoms with Crippen LogP contribution in [0.4, 0.5) is 0 Å². The average Bonchev–Trinajstić information content (AvgIpc) is 2.31. The van der Waals surface area contributed by atoms with E-state index in [1.165, 1.54) is 0 Å². The van der Waals surface area contributed by atoms with Crippen LogP contribution >= 0.6 is 0 Å². The van der Waals surface area contributed by atoms with Crippen LogP contribution in [0.2, 0.25) is 0 Å². The van der Waals surface area contributed by atoms with Gasteiger partial charge in [-0.05, 0) is 50.1 Å². The van der Waals surface area contributed by atoms with E-state index < -0.39 is 10.0 Å². The maximum atomic E-state index is 12.1. The summed E-state index contributed by atoms with van der Waals surface area (Å²) in [5.74, 6) is 0.688. The Bertz CT molecular complexity index is 512. The molecule has 0 aliphatic carbocycles. The third-order valence-electron chi connectivity index (χ3n) is 2.65. The molecule has 1 rings (SSSR count). The molecule has 0 fully saturated rings. The number of rotatable bonds is 6. The third kappa shape index (κ3) is 3.44. The molecule has 0 unspecified atom stereocenters. The van der Waals surface area contributed by atoms with Crippen LogP contribution in [0.1, 0.15) is 17.5 Å². The van der Waals surface area contributed by atoms with E-state index >= 15 is 0 Å². The van der Waals surface area contributed by atoms with Crippen molar-refractivity contribution in [2.24, 2.45) is 5.73 Å². The molecule has 5 nitrogen and oxygen atoms in total. The Kier molecular flexibility index (Phi) is 5.13. The van der Waals surface area contributed by atoms with E-state index in [4.69, 9.17) is 10.5 Å². The average molecular weight is 272 g/mol. The highest BCUT2D eigenvalue weighted by Crippen LogP contribution is 2.25. The van der Waals surface area contributed by atoms with Gasteiger partial charge in [-0.3, -0.25) is 0 Å². The first-order valence-corrected chi connectivity index (χ1v) is 7.25. The van der Waals surface area contributed by atoms with E-state index in [0.717, 1.165) is 5.56 Å². The molecular formula is C12H20N2O3S. The van der Waals surface area contributed by atoms with Crippen LogP contribution in [-0.4, -0.2) is 28.6 Å². The number of nitrogens with one attached hydrogen (secondary N) is 1. The topological polar surface area (TPSA) is 81.4 Å².